The van der Waals surface area contributed by atoms with Crippen LogP contribution < -0.4 is 14.4 Å². The lowest BCUT2D eigenvalue weighted by atomic mass is 10.2. The van der Waals surface area contributed by atoms with E-state index < -0.39 is 0 Å². The van der Waals surface area contributed by atoms with Crippen LogP contribution in [0.3, 0.4) is 0 Å². The first-order valence-electron chi connectivity index (χ1n) is 8.72. The molecule has 28 heavy (non-hydrogen) atoms. The number of carbonyl (C=O) groups is 1. The van der Waals surface area contributed by atoms with Gasteiger partial charge in [-0.3, -0.25) is 9.69 Å². The number of nitrogens with zero attached hydrogens (tertiary/aromatic N) is 2. The average molecular weight is 394 g/mol. The van der Waals surface area contributed by atoms with Gasteiger partial charge in [0.1, 0.15) is 17.2 Å². The molecule has 0 N–H and O–H groups in total. The Morgan fingerprint density at radius 2 is 1.86 bits per heavy atom. The van der Waals surface area contributed by atoms with E-state index in [0.717, 1.165) is 22.6 Å². The van der Waals surface area contributed by atoms with Crippen LogP contribution in [-0.2, 0) is 4.79 Å². The number of rotatable bonds is 6. The number of carbonyl (C=O) groups excluding carboxylic acids is 1. The van der Waals surface area contributed by atoms with Gasteiger partial charge in [-0.1, -0.05) is 42.1 Å². The molecule has 6 heteroatoms. The zero-order valence-electron chi connectivity index (χ0n) is 16.1. The molecule has 0 fully saturated rings. The van der Waals surface area contributed by atoms with Crippen molar-refractivity contribution in [1.82, 2.24) is 0 Å². The van der Waals surface area contributed by atoms with Crippen LogP contribution in [0.1, 0.15) is 12.5 Å². The highest BCUT2D eigenvalue weighted by atomic mass is 32.2. The predicted octanol–water partition coefficient (Wildman–Crippen LogP) is 4.76. The summed E-state index contributed by atoms with van der Waals surface area (Å²) >= 11 is 1.49. The fraction of sp³-hybridized carbons (Fsp3) is 0.182. The van der Waals surface area contributed by atoms with Gasteiger partial charge < -0.3 is 9.47 Å². The summed E-state index contributed by atoms with van der Waals surface area (Å²) in [5, 5.41) is 0.626. The summed E-state index contributed by atoms with van der Waals surface area (Å²) in [6.45, 7) is 5.89. The second-order valence-electron chi connectivity index (χ2n) is 6.28. The van der Waals surface area contributed by atoms with Crippen LogP contribution in [0, 0.1) is 0 Å². The number of thioether (sulfide) groups is 1. The van der Waals surface area contributed by atoms with Crippen molar-refractivity contribution in [2.45, 2.75) is 6.92 Å². The molecule has 1 heterocycles. The van der Waals surface area contributed by atoms with Crippen molar-refractivity contribution in [1.29, 1.82) is 0 Å². The average Bonchev–Trinajstić information content (AvgIpc) is 3.02. The monoisotopic (exact) mass is 394 g/mol. The van der Waals surface area contributed by atoms with E-state index in [1.54, 1.807) is 25.2 Å². The smallest absolute Gasteiger partial charge is 0.283 e. The number of anilines is 1. The molecule has 0 spiro atoms. The highest BCUT2D eigenvalue weighted by Gasteiger charge is 2.32. The van der Waals surface area contributed by atoms with Gasteiger partial charge in [0.15, 0.2) is 5.17 Å². The van der Waals surface area contributed by atoms with Crippen LogP contribution in [-0.4, -0.2) is 31.0 Å². The first kappa shape index (κ1) is 19.8. The van der Waals surface area contributed by atoms with E-state index in [-0.39, 0.29) is 5.91 Å². The molecule has 144 valence electrons. The topological polar surface area (TPSA) is 51.1 Å². The van der Waals surface area contributed by atoms with E-state index in [4.69, 9.17) is 9.47 Å². The minimum Gasteiger partial charge on any atom is -0.497 e. The molecule has 2 aromatic rings. The maximum Gasteiger partial charge on any atom is 0.283 e. The maximum absolute atomic E-state index is 13.1. The van der Waals surface area contributed by atoms with Crippen molar-refractivity contribution in [2.24, 2.45) is 4.99 Å². The molecule has 0 unspecified atom stereocenters. The standard InChI is InChI=1S/C22H22N2O3S/c1-15(2)14-28-22-23-20(12-16-8-10-18(26-3)11-9-16)21(25)24(22)17-6-5-7-19(13-17)27-4/h5-13H,1,14H2,2-4H3/b20-12+. The van der Waals surface area contributed by atoms with E-state index in [9.17, 15) is 4.79 Å². The first-order valence-corrected chi connectivity index (χ1v) is 9.70. The zero-order chi connectivity index (χ0) is 20.1. The lowest BCUT2D eigenvalue weighted by molar-refractivity contribution is -0.113. The van der Waals surface area contributed by atoms with Gasteiger partial charge in [0.05, 0.1) is 19.9 Å². The number of methoxy groups -OCH3 is 2. The van der Waals surface area contributed by atoms with Crippen LogP contribution in [0.25, 0.3) is 6.08 Å². The molecule has 1 aliphatic heterocycles. The van der Waals surface area contributed by atoms with Crippen LogP contribution in [0.4, 0.5) is 5.69 Å². The van der Waals surface area contributed by atoms with Crippen molar-refractivity contribution in [3.63, 3.8) is 0 Å². The fourth-order valence-corrected chi connectivity index (χ4v) is 3.47. The summed E-state index contributed by atoms with van der Waals surface area (Å²) in [4.78, 5) is 19.3. The van der Waals surface area contributed by atoms with Crippen molar-refractivity contribution in [3.8, 4) is 11.5 Å². The van der Waals surface area contributed by atoms with E-state index in [1.807, 2.05) is 55.5 Å². The van der Waals surface area contributed by atoms with Gasteiger partial charge in [0.2, 0.25) is 0 Å². The van der Waals surface area contributed by atoms with Gasteiger partial charge in [-0.2, -0.15) is 0 Å². The summed E-state index contributed by atoms with van der Waals surface area (Å²) in [5.41, 5.74) is 3.00. The molecule has 0 aromatic heterocycles. The summed E-state index contributed by atoms with van der Waals surface area (Å²) < 4.78 is 10.5. The Bertz CT molecular complexity index is 949. The van der Waals surface area contributed by atoms with E-state index in [1.165, 1.54) is 11.8 Å². The number of amides is 1. The maximum atomic E-state index is 13.1. The van der Waals surface area contributed by atoms with Gasteiger partial charge in [-0.25, -0.2) is 4.99 Å². The third kappa shape index (κ3) is 4.46. The molecule has 0 radical (unpaired) electrons. The Balaban J connectivity index is 1.96. The molecule has 0 aliphatic carbocycles. The molecule has 1 amide bonds. The lowest BCUT2D eigenvalue weighted by Gasteiger charge is -2.18. The number of hydrogen-bond acceptors (Lipinski definition) is 5. The number of benzene rings is 2. The largest absolute Gasteiger partial charge is 0.497 e. The van der Waals surface area contributed by atoms with Crippen molar-refractivity contribution >= 4 is 34.6 Å². The van der Waals surface area contributed by atoms with Crippen molar-refractivity contribution in [2.75, 3.05) is 24.9 Å². The normalized spacial score (nSPS) is 15.0. The van der Waals surface area contributed by atoms with Gasteiger partial charge >= 0.3 is 0 Å². The van der Waals surface area contributed by atoms with Crippen LogP contribution >= 0.6 is 11.8 Å². The molecular formula is C22H22N2O3S. The summed E-state index contributed by atoms with van der Waals surface area (Å²) in [6, 6.07) is 14.9. The zero-order valence-corrected chi connectivity index (χ0v) is 17.0. The number of ether oxygens (including phenoxy) is 2. The third-order valence-electron chi connectivity index (χ3n) is 4.01. The van der Waals surface area contributed by atoms with Gasteiger partial charge in [0, 0.05) is 11.8 Å². The van der Waals surface area contributed by atoms with Crippen molar-refractivity contribution < 1.29 is 14.3 Å². The Labute approximate surface area is 169 Å². The molecule has 0 saturated heterocycles. The third-order valence-corrected chi connectivity index (χ3v) is 5.18. The van der Waals surface area contributed by atoms with Crippen LogP contribution in [0.15, 0.2) is 71.4 Å². The lowest BCUT2D eigenvalue weighted by Crippen LogP contribution is -2.30. The Kier molecular flexibility index (Phi) is 6.21. The van der Waals surface area contributed by atoms with E-state index in [2.05, 4.69) is 11.6 Å². The van der Waals surface area contributed by atoms with E-state index in [0.29, 0.717) is 22.4 Å². The molecule has 0 atom stereocenters. The Morgan fingerprint density at radius 1 is 1.14 bits per heavy atom. The van der Waals surface area contributed by atoms with Crippen LogP contribution in [0.5, 0.6) is 11.5 Å². The molecular weight excluding hydrogens is 372 g/mol. The molecule has 1 aliphatic rings. The summed E-state index contributed by atoms with van der Waals surface area (Å²) in [5.74, 6) is 1.96. The van der Waals surface area contributed by atoms with Crippen molar-refractivity contribution in [3.05, 3.63) is 71.9 Å². The minimum atomic E-state index is -0.173. The SMILES string of the molecule is C=C(C)CSC1=N/C(=C/c2ccc(OC)cc2)C(=O)N1c1cccc(OC)c1. The Hall–Kier alpha value is -2.99. The molecule has 3 rings (SSSR count). The van der Waals surface area contributed by atoms with Crippen LogP contribution in [0.2, 0.25) is 0 Å². The van der Waals surface area contributed by atoms with Gasteiger partial charge in [-0.15, -0.1) is 0 Å². The number of hydrogen-bond donors (Lipinski definition) is 0. The first-order chi connectivity index (χ1) is 13.5. The highest BCUT2D eigenvalue weighted by molar-refractivity contribution is 8.14. The fourth-order valence-electron chi connectivity index (χ4n) is 2.62. The summed E-state index contributed by atoms with van der Waals surface area (Å²) in [7, 11) is 3.22. The molecule has 0 bridgehead atoms. The molecule has 2 aromatic carbocycles. The predicted molar refractivity (Wildman–Crippen MR) is 116 cm³/mol. The number of aliphatic imine (C=N–C) groups is 1. The second kappa shape index (κ2) is 8.80. The van der Waals surface area contributed by atoms with E-state index >= 15 is 0 Å². The Morgan fingerprint density at radius 3 is 2.50 bits per heavy atom. The molecule has 0 saturated carbocycles. The quantitative estimate of drug-likeness (QED) is 0.524. The minimum absolute atomic E-state index is 0.173. The highest BCUT2D eigenvalue weighted by Crippen LogP contribution is 2.31. The second-order valence-corrected chi connectivity index (χ2v) is 7.23. The summed E-state index contributed by atoms with van der Waals surface area (Å²) in [6.07, 6.45) is 1.78. The van der Waals surface area contributed by atoms with Gasteiger partial charge in [0.25, 0.3) is 5.91 Å². The van der Waals surface area contributed by atoms with Gasteiger partial charge in [-0.05, 0) is 42.8 Å². The molecule has 5 nitrogen and oxygen atoms in total. The number of amidine groups is 1.